The summed E-state index contributed by atoms with van der Waals surface area (Å²) < 4.78 is 13.9. The molecule has 1 amide bonds. The van der Waals surface area contributed by atoms with Crippen molar-refractivity contribution in [3.05, 3.63) is 65.1 Å². The minimum Gasteiger partial charge on any atom is -0.379 e. The second-order valence-corrected chi connectivity index (χ2v) is 6.63. The summed E-state index contributed by atoms with van der Waals surface area (Å²) >= 11 is 0. The number of amides is 1. The van der Waals surface area contributed by atoms with Crippen LogP contribution in [0, 0.1) is 24.1 Å². The van der Waals surface area contributed by atoms with Crippen LogP contribution in [0.4, 0.5) is 15.8 Å². The quantitative estimate of drug-likeness (QED) is 0.641. The number of aromatic nitrogens is 1. The molecular formula is C22H21FN4O. The minimum atomic E-state index is -0.370. The number of fused-ring (bicyclic) bond motifs is 1. The molecule has 0 atom stereocenters. The van der Waals surface area contributed by atoms with Gasteiger partial charge in [0.15, 0.2) is 0 Å². The molecule has 28 heavy (non-hydrogen) atoms. The number of hydrogen-bond acceptors (Lipinski definition) is 4. The highest BCUT2D eigenvalue weighted by atomic mass is 19.1. The molecule has 5 nitrogen and oxygen atoms in total. The summed E-state index contributed by atoms with van der Waals surface area (Å²) in [5.74, 6) is -0.393. The van der Waals surface area contributed by atoms with Gasteiger partial charge in [0.25, 0.3) is 0 Å². The first-order chi connectivity index (χ1) is 13.5. The molecule has 0 aliphatic heterocycles. The van der Waals surface area contributed by atoms with Gasteiger partial charge in [0, 0.05) is 30.2 Å². The van der Waals surface area contributed by atoms with Crippen LogP contribution in [-0.2, 0) is 11.3 Å². The molecule has 142 valence electrons. The van der Waals surface area contributed by atoms with Crippen molar-refractivity contribution in [3.8, 4) is 6.07 Å². The van der Waals surface area contributed by atoms with Crippen molar-refractivity contribution in [3.63, 3.8) is 0 Å². The maximum atomic E-state index is 13.9. The minimum absolute atomic E-state index is 0.0227. The molecule has 0 fully saturated rings. The number of benzene rings is 2. The Labute approximate surface area is 163 Å². The fraction of sp³-hybridized carbons (Fsp3) is 0.227. The molecule has 0 aliphatic carbocycles. The van der Waals surface area contributed by atoms with Crippen molar-refractivity contribution in [2.45, 2.75) is 33.2 Å². The van der Waals surface area contributed by atoms with Gasteiger partial charge in [-0.25, -0.2) is 4.39 Å². The highest BCUT2D eigenvalue weighted by Gasteiger charge is 2.12. The standard InChI is InChI=1S/C22H21FN4O/c1-3-5-20(28)27-18-7-4-6-15(9-18)12-25-22-16(11-24)13-26-21-14(2)8-17(23)10-19(21)22/h4,6-10,13H,3,5,12H2,1-2H3,(H,25,26)(H,27,28). The molecule has 2 N–H and O–H groups in total. The molecule has 0 unspecified atom stereocenters. The Bertz CT molecular complexity index is 1070. The van der Waals surface area contributed by atoms with Gasteiger partial charge >= 0.3 is 0 Å². The Balaban J connectivity index is 1.88. The first-order valence-electron chi connectivity index (χ1n) is 9.13. The lowest BCUT2D eigenvalue weighted by molar-refractivity contribution is -0.116. The summed E-state index contributed by atoms with van der Waals surface area (Å²) in [7, 11) is 0. The van der Waals surface area contributed by atoms with E-state index in [4.69, 9.17) is 0 Å². The van der Waals surface area contributed by atoms with Crippen LogP contribution in [-0.4, -0.2) is 10.9 Å². The zero-order chi connectivity index (χ0) is 20.1. The van der Waals surface area contributed by atoms with Crippen LogP contribution >= 0.6 is 0 Å². The highest BCUT2D eigenvalue weighted by molar-refractivity contribution is 5.95. The number of aryl methyl sites for hydroxylation is 1. The second-order valence-electron chi connectivity index (χ2n) is 6.63. The molecule has 0 aliphatic rings. The number of pyridine rings is 1. The van der Waals surface area contributed by atoms with Crippen molar-refractivity contribution in [1.29, 1.82) is 5.26 Å². The second kappa shape index (κ2) is 8.49. The van der Waals surface area contributed by atoms with Gasteiger partial charge in [-0.05, 0) is 48.7 Å². The van der Waals surface area contributed by atoms with E-state index in [2.05, 4.69) is 21.7 Å². The number of nitrogens with zero attached hydrogens (tertiary/aromatic N) is 2. The Kier molecular flexibility index (Phi) is 5.85. The topological polar surface area (TPSA) is 77.8 Å². The Hall–Kier alpha value is -3.46. The van der Waals surface area contributed by atoms with Crippen LogP contribution in [0.25, 0.3) is 10.9 Å². The number of hydrogen-bond donors (Lipinski definition) is 2. The predicted molar refractivity (Wildman–Crippen MR) is 108 cm³/mol. The fourth-order valence-corrected chi connectivity index (χ4v) is 3.11. The van der Waals surface area contributed by atoms with Gasteiger partial charge in [0.2, 0.25) is 5.91 Å². The lowest BCUT2D eigenvalue weighted by Crippen LogP contribution is -2.11. The summed E-state index contributed by atoms with van der Waals surface area (Å²) in [6.07, 6.45) is 2.76. The lowest BCUT2D eigenvalue weighted by Gasteiger charge is -2.13. The fourth-order valence-electron chi connectivity index (χ4n) is 3.11. The maximum Gasteiger partial charge on any atom is 0.224 e. The monoisotopic (exact) mass is 376 g/mol. The third-order valence-electron chi connectivity index (χ3n) is 4.40. The number of rotatable bonds is 6. The van der Waals surface area contributed by atoms with Gasteiger partial charge in [-0.15, -0.1) is 0 Å². The molecule has 3 aromatic rings. The number of anilines is 2. The average molecular weight is 376 g/mol. The van der Waals surface area contributed by atoms with E-state index in [-0.39, 0.29) is 11.7 Å². The van der Waals surface area contributed by atoms with Crippen molar-refractivity contribution in [2.24, 2.45) is 0 Å². The lowest BCUT2D eigenvalue weighted by atomic mass is 10.1. The van der Waals surface area contributed by atoms with Crippen LogP contribution in [0.5, 0.6) is 0 Å². The summed E-state index contributed by atoms with van der Waals surface area (Å²) in [6.45, 7) is 4.16. The van der Waals surface area contributed by atoms with Gasteiger partial charge < -0.3 is 10.6 Å². The molecule has 2 aromatic carbocycles. The summed E-state index contributed by atoms with van der Waals surface area (Å²) in [5, 5.41) is 16.1. The van der Waals surface area contributed by atoms with Gasteiger partial charge in [-0.2, -0.15) is 5.26 Å². The number of nitriles is 1. The number of carbonyl (C=O) groups excluding carboxylic acids is 1. The smallest absolute Gasteiger partial charge is 0.224 e. The van der Waals surface area contributed by atoms with Crippen molar-refractivity contribution >= 4 is 28.2 Å². The average Bonchev–Trinajstić information content (AvgIpc) is 2.66. The molecule has 3 rings (SSSR count). The third-order valence-corrected chi connectivity index (χ3v) is 4.40. The normalized spacial score (nSPS) is 10.5. The summed E-state index contributed by atoms with van der Waals surface area (Å²) in [4.78, 5) is 16.1. The molecule has 0 bridgehead atoms. The zero-order valence-electron chi connectivity index (χ0n) is 15.8. The van der Waals surface area contributed by atoms with Gasteiger partial charge in [-0.1, -0.05) is 19.1 Å². The van der Waals surface area contributed by atoms with E-state index in [1.807, 2.05) is 31.2 Å². The molecule has 0 saturated heterocycles. The highest BCUT2D eigenvalue weighted by Crippen LogP contribution is 2.29. The Morgan fingerprint density at radius 3 is 2.86 bits per heavy atom. The van der Waals surface area contributed by atoms with E-state index in [9.17, 15) is 14.4 Å². The van der Waals surface area contributed by atoms with Crippen LogP contribution in [0.15, 0.2) is 42.6 Å². The first kappa shape index (κ1) is 19.3. The number of nitrogens with one attached hydrogen (secondary N) is 2. The van der Waals surface area contributed by atoms with Crippen LogP contribution < -0.4 is 10.6 Å². The zero-order valence-corrected chi connectivity index (χ0v) is 15.8. The number of carbonyl (C=O) groups is 1. The van der Waals surface area contributed by atoms with E-state index >= 15 is 0 Å². The number of halogens is 1. The molecule has 1 aromatic heterocycles. The largest absolute Gasteiger partial charge is 0.379 e. The van der Waals surface area contributed by atoms with Crippen LogP contribution in [0.3, 0.4) is 0 Å². The van der Waals surface area contributed by atoms with Gasteiger partial charge in [0.1, 0.15) is 11.9 Å². The van der Waals surface area contributed by atoms with Gasteiger partial charge in [0.05, 0.1) is 16.8 Å². The Morgan fingerprint density at radius 2 is 2.11 bits per heavy atom. The molecule has 0 spiro atoms. The van der Waals surface area contributed by atoms with Gasteiger partial charge in [-0.3, -0.25) is 9.78 Å². The van der Waals surface area contributed by atoms with Crippen molar-refractivity contribution < 1.29 is 9.18 Å². The van der Waals surface area contributed by atoms with E-state index in [1.54, 1.807) is 6.92 Å². The van der Waals surface area contributed by atoms with Crippen LogP contribution in [0.2, 0.25) is 0 Å². The molecular weight excluding hydrogens is 355 g/mol. The van der Waals surface area contributed by atoms with Crippen molar-refractivity contribution in [2.75, 3.05) is 10.6 Å². The van der Waals surface area contributed by atoms with E-state index in [1.165, 1.54) is 18.3 Å². The summed E-state index contributed by atoms with van der Waals surface area (Å²) in [5.41, 5.74) is 3.92. The molecule has 6 heteroatoms. The molecule has 0 radical (unpaired) electrons. The SMILES string of the molecule is CCCC(=O)Nc1cccc(CNc2c(C#N)cnc3c(C)cc(F)cc23)c1. The van der Waals surface area contributed by atoms with E-state index in [0.29, 0.717) is 40.7 Å². The van der Waals surface area contributed by atoms with E-state index < -0.39 is 0 Å². The van der Waals surface area contributed by atoms with Crippen molar-refractivity contribution in [1.82, 2.24) is 4.98 Å². The Morgan fingerprint density at radius 1 is 1.29 bits per heavy atom. The summed E-state index contributed by atoms with van der Waals surface area (Å²) in [6, 6.07) is 12.4. The third kappa shape index (κ3) is 4.26. The van der Waals surface area contributed by atoms with E-state index in [0.717, 1.165) is 17.7 Å². The predicted octanol–water partition coefficient (Wildman–Crippen LogP) is 4.90. The van der Waals surface area contributed by atoms with Crippen LogP contribution in [0.1, 0.15) is 36.5 Å². The molecule has 0 saturated carbocycles. The maximum absolute atomic E-state index is 13.9. The first-order valence-corrected chi connectivity index (χ1v) is 9.13. The molecule has 1 heterocycles.